The summed E-state index contributed by atoms with van der Waals surface area (Å²) in [6.07, 6.45) is 3.41. The van der Waals surface area contributed by atoms with Crippen LogP contribution >= 0.6 is 0 Å². The molecule has 1 aromatic carbocycles. The van der Waals surface area contributed by atoms with Gasteiger partial charge in [-0.1, -0.05) is 26.0 Å². The molecule has 0 saturated carbocycles. The molecule has 0 spiro atoms. The molecular formula is C17H20FN3O. The molecule has 1 aromatic heterocycles. The van der Waals surface area contributed by atoms with E-state index in [0.717, 1.165) is 23.5 Å². The van der Waals surface area contributed by atoms with Crippen molar-refractivity contribution in [2.75, 3.05) is 24.6 Å². The number of morpholine rings is 1. The van der Waals surface area contributed by atoms with Crippen LogP contribution in [-0.4, -0.2) is 29.7 Å². The van der Waals surface area contributed by atoms with E-state index in [1.165, 1.54) is 12.1 Å². The zero-order valence-electron chi connectivity index (χ0n) is 12.9. The average molecular weight is 301 g/mol. The van der Waals surface area contributed by atoms with E-state index >= 15 is 0 Å². The molecule has 1 saturated heterocycles. The highest BCUT2D eigenvalue weighted by Gasteiger charge is 2.25. The molecular weight excluding hydrogens is 281 g/mol. The number of hydrogen-bond acceptors (Lipinski definition) is 4. The zero-order valence-corrected chi connectivity index (χ0v) is 12.9. The molecule has 2 aromatic rings. The highest BCUT2D eigenvalue weighted by Crippen LogP contribution is 2.29. The molecule has 1 fully saturated rings. The fourth-order valence-electron chi connectivity index (χ4n) is 2.73. The van der Waals surface area contributed by atoms with Crippen molar-refractivity contribution in [3.8, 4) is 0 Å². The molecule has 0 N–H and O–H groups in total. The molecule has 1 unspecified atom stereocenters. The first-order valence-electron chi connectivity index (χ1n) is 7.57. The van der Waals surface area contributed by atoms with Gasteiger partial charge in [0.15, 0.2) is 0 Å². The predicted molar refractivity (Wildman–Crippen MR) is 83.4 cm³/mol. The molecule has 1 aliphatic rings. The molecule has 2 heterocycles. The summed E-state index contributed by atoms with van der Waals surface area (Å²) in [7, 11) is 0. The van der Waals surface area contributed by atoms with Crippen LogP contribution in [0.25, 0.3) is 0 Å². The molecule has 116 valence electrons. The Balaban J connectivity index is 1.83. The number of aromatic nitrogens is 2. The Morgan fingerprint density at radius 2 is 2.05 bits per heavy atom. The first-order valence-corrected chi connectivity index (χ1v) is 7.57. The Morgan fingerprint density at radius 1 is 1.27 bits per heavy atom. The fraction of sp³-hybridized carbons (Fsp3) is 0.412. The van der Waals surface area contributed by atoms with Crippen LogP contribution < -0.4 is 4.90 Å². The van der Waals surface area contributed by atoms with Gasteiger partial charge in [0.05, 0.1) is 6.61 Å². The number of hydrogen-bond donors (Lipinski definition) is 0. The van der Waals surface area contributed by atoms with Gasteiger partial charge >= 0.3 is 0 Å². The maximum absolute atomic E-state index is 13.1. The molecule has 1 aliphatic heterocycles. The smallest absolute Gasteiger partial charge is 0.135 e. The quantitative estimate of drug-likeness (QED) is 0.871. The predicted octanol–water partition coefficient (Wildman–Crippen LogP) is 3.32. The van der Waals surface area contributed by atoms with Gasteiger partial charge in [0.25, 0.3) is 0 Å². The van der Waals surface area contributed by atoms with E-state index in [4.69, 9.17) is 4.74 Å². The first kappa shape index (κ1) is 14.9. The van der Waals surface area contributed by atoms with Gasteiger partial charge in [0.1, 0.15) is 24.1 Å². The second-order valence-corrected chi connectivity index (χ2v) is 5.81. The molecule has 1 atom stereocenters. The molecule has 0 amide bonds. The monoisotopic (exact) mass is 301 g/mol. The van der Waals surface area contributed by atoms with Crippen LogP contribution in [0.3, 0.4) is 0 Å². The van der Waals surface area contributed by atoms with Gasteiger partial charge in [0.2, 0.25) is 0 Å². The minimum Gasteiger partial charge on any atom is -0.370 e. The number of halogens is 1. The van der Waals surface area contributed by atoms with Crippen molar-refractivity contribution in [3.63, 3.8) is 0 Å². The summed E-state index contributed by atoms with van der Waals surface area (Å²) < 4.78 is 18.9. The maximum atomic E-state index is 13.1. The third-order valence-corrected chi connectivity index (χ3v) is 3.95. The Labute approximate surface area is 130 Å². The van der Waals surface area contributed by atoms with Crippen molar-refractivity contribution < 1.29 is 9.13 Å². The van der Waals surface area contributed by atoms with Crippen LogP contribution in [0.15, 0.2) is 36.8 Å². The number of ether oxygens (including phenoxy) is 1. The maximum Gasteiger partial charge on any atom is 0.135 e. The van der Waals surface area contributed by atoms with Gasteiger partial charge in [0, 0.05) is 24.8 Å². The Kier molecular flexibility index (Phi) is 4.34. The standard InChI is InChI=1S/C17H20FN3O/c1-12(2)15-9-19-11-20-17(15)21-7-8-22-16(10-21)13-3-5-14(18)6-4-13/h3-6,9,11-12,16H,7-8,10H2,1-2H3. The van der Waals surface area contributed by atoms with Crippen molar-refractivity contribution in [3.05, 3.63) is 53.7 Å². The number of anilines is 1. The Bertz CT molecular complexity index is 630. The average Bonchev–Trinajstić information content (AvgIpc) is 2.55. The lowest BCUT2D eigenvalue weighted by atomic mass is 10.0. The van der Waals surface area contributed by atoms with Gasteiger partial charge < -0.3 is 9.64 Å². The van der Waals surface area contributed by atoms with Crippen LogP contribution in [-0.2, 0) is 4.74 Å². The Hall–Kier alpha value is -2.01. The number of benzene rings is 1. The van der Waals surface area contributed by atoms with Gasteiger partial charge in [-0.15, -0.1) is 0 Å². The third-order valence-electron chi connectivity index (χ3n) is 3.95. The van der Waals surface area contributed by atoms with Crippen molar-refractivity contribution in [2.45, 2.75) is 25.9 Å². The topological polar surface area (TPSA) is 38.2 Å². The Morgan fingerprint density at radius 3 is 2.77 bits per heavy atom. The van der Waals surface area contributed by atoms with Crippen LogP contribution in [0.2, 0.25) is 0 Å². The van der Waals surface area contributed by atoms with E-state index in [9.17, 15) is 4.39 Å². The fourth-order valence-corrected chi connectivity index (χ4v) is 2.73. The van der Waals surface area contributed by atoms with E-state index in [-0.39, 0.29) is 11.9 Å². The lowest BCUT2D eigenvalue weighted by molar-refractivity contribution is 0.0394. The molecule has 5 heteroatoms. The summed E-state index contributed by atoms with van der Waals surface area (Å²) >= 11 is 0. The SMILES string of the molecule is CC(C)c1cncnc1N1CCOC(c2ccc(F)cc2)C1. The highest BCUT2D eigenvalue weighted by molar-refractivity contribution is 5.47. The van der Waals surface area contributed by atoms with Crippen LogP contribution in [0, 0.1) is 5.82 Å². The van der Waals surface area contributed by atoms with Gasteiger partial charge in [-0.05, 0) is 23.6 Å². The number of rotatable bonds is 3. The van der Waals surface area contributed by atoms with E-state index in [0.29, 0.717) is 19.1 Å². The second kappa shape index (κ2) is 6.40. The molecule has 0 radical (unpaired) electrons. The van der Waals surface area contributed by atoms with Gasteiger partial charge in [-0.2, -0.15) is 0 Å². The van der Waals surface area contributed by atoms with Crippen molar-refractivity contribution in [1.29, 1.82) is 0 Å². The summed E-state index contributed by atoms with van der Waals surface area (Å²) in [6, 6.07) is 6.52. The number of nitrogens with zero attached hydrogens (tertiary/aromatic N) is 3. The molecule has 22 heavy (non-hydrogen) atoms. The van der Waals surface area contributed by atoms with E-state index < -0.39 is 0 Å². The largest absolute Gasteiger partial charge is 0.370 e. The van der Waals surface area contributed by atoms with Crippen molar-refractivity contribution >= 4 is 5.82 Å². The summed E-state index contributed by atoms with van der Waals surface area (Å²) in [6.45, 7) is 6.42. The molecule has 3 rings (SSSR count). The molecule has 0 aliphatic carbocycles. The molecule has 4 nitrogen and oxygen atoms in total. The first-order chi connectivity index (χ1) is 10.6. The third kappa shape index (κ3) is 3.09. The zero-order chi connectivity index (χ0) is 15.5. The minimum atomic E-state index is -0.227. The second-order valence-electron chi connectivity index (χ2n) is 5.81. The van der Waals surface area contributed by atoms with Crippen LogP contribution in [0.5, 0.6) is 0 Å². The lowest BCUT2D eigenvalue weighted by Crippen LogP contribution is -2.39. The summed E-state index contributed by atoms with van der Waals surface area (Å²) in [5, 5.41) is 0. The van der Waals surface area contributed by atoms with Crippen LogP contribution in [0.4, 0.5) is 10.2 Å². The van der Waals surface area contributed by atoms with E-state index in [1.54, 1.807) is 18.5 Å². The van der Waals surface area contributed by atoms with Crippen molar-refractivity contribution in [2.24, 2.45) is 0 Å². The normalized spacial score (nSPS) is 18.7. The van der Waals surface area contributed by atoms with E-state index in [1.807, 2.05) is 6.20 Å². The summed E-state index contributed by atoms with van der Waals surface area (Å²) in [4.78, 5) is 10.8. The van der Waals surface area contributed by atoms with Gasteiger partial charge in [-0.25, -0.2) is 14.4 Å². The van der Waals surface area contributed by atoms with E-state index in [2.05, 4.69) is 28.7 Å². The summed E-state index contributed by atoms with van der Waals surface area (Å²) in [5.74, 6) is 1.11. The van der Waals surface area contributed by atoms with Gasteiger partial charge in [-0.3, -0.25) is 0 Å². The van der Waals surface area contributed by atoms with Crippen molar-refractivity contribution in [1.82, 2.24) is 9.97 Å². The minimum absolute atomic E-state index is 0.0654. The molecule has 0 bridgehead atoms. The summed E-state index contributed by atoms with van der Waals surface area (Å²) in [5.41, 5.74) is 2.13. The van der Waals surface area contributed by atoms with Crippen LogP contribution in [0.1, 0.15) is 37.0 Å². The lowest BCUT2D eigenvalue weighted by Gasteiger charge is -2.35. The highest BCUT2D eigenvalue weighted by atomic mass is 19.1.